The van der Waals surface area contributed by atoms with Crippen LogP contribution in [0.5, 0.6) is 0 Å². The van der Waals surface area contributed by atoms with Crippen molar-refractivity contribution in [3.8, 4) is 0 Å². The minimum Gasteiger partial charge on any atom is -0.456 e. The van der Waals surface area contributed by atoms with Crippen LogP contribution in [0.15, 0.2) is 28.7 Å². The number of imide groups is 1. The number of rotatable bonds is 5. The van der Waals surface area contributed by atoms with Gasteiger partial charge in [0.1, 0.15) is 6.54 Å². The van der Waals surface area contributed by atoms with E-state index in [1.165, 1.54) is 0 Å². The van der Waals surface area contributed by atoms with E-state index >= 15 is 0 Å². The van der Waals surface area contributed by atoms with E-state index in [-0.39, 0.29) is 41.3 Å². The lowest BCUT2D eigenvalue weighted by molar-refractivity contribution is -0.152. The van der Waals surface area contributed by atoms with Crippen LogP contribution in [0.1, 0.15) is 29.6 Å². The summed E-state index contributed by atoms with van der Waals surface area (Å²) in [5.74, 6) is -1.50. The fourth-order valence-electron chi connectivity index (χ4n) is 4.67. The van der Waals surface area contributed by atoms with Crippen molar-refractivity contribution in [3.05, 3.63) is 34.3 Å². The highest BCUT2D eigenvalue weighted by atomic mass is 79.9. The first-order valence-electron chi connectivity index (χ1n) is 8.75. The molecule has 26 heavy (non-hydrogen) atoms. The van der Waals surface area contributed by atoms with Gasteiger partial charge in [0.2, 0.25) is 11.8 Å². The predicted octanol–water partition coefficient (Wildman–Crippen LogP) is 2.21. The monoisotopic (exact) mass is 419 g/mol. The van der Waals surface area contributed by atoms with Crippen LogP contribution in [0.2, 0.25) is 0 Å². The Morgan fingerprint density at radius 1 is 1.04 bits per heavy atom. The normalized spacial score (nSPS) is 29.2. The van der Waals surface area contributed by atoms with Gasteiger partial charge in [-0.1, -0.05) is 28.1 Å². The van der Waals surface area contributed by atoms with Gasteiger partial charge in [-0.15, -0.1) is 0 Å². The molecule has 0 spiro atoms. The van der Waals surface area contributed by atoms with Crippen LogP contribution in [-0.4, -0.2) is 41.6 Å². The fourth-order valence-corrected chi connectivity index (χ4v) is 4.93. The number of esters is 1. The van der Waals surface area contributed by atoms with Gasteiger partial charge in [-0.05, 0) is 43.2 Å². The third-order valence-electron chi connectivity index (χ3n) is 5.84. The molecule has 2 saturated carbocycles. The van der Waals surface area contributed by atoms with Crippen molar-refractivity contribution in [1.82, 2.24) is 4.90 Å². The molecule has 1 aromatic rings. The van der Waals surface area contributed by atoms with Gasteiger partial charge >= 0.3 is 5.97 Å². The van der Waals surface area contributed by atoms with Crippen molar-refractivity contribution in [2.45, 2.75) is 19.3 Å². The number of benzene rings is 1. The van der Waals surface area contributed by atoms with Crippen LogP contribution in [0.4, 0.5) is 0 Å². The van der Waals surface area contributed by atoms with Gasteiger partial charge in [0.05, 0.1) is 11.8 Å². The molecule has 3 fully saturated rings. The summed E-state index contributed by atoms with van der Waals surface area (Å²) in [6.45, 7) is -0.813. The van der Waals surface area contributed by atoms with Gasteiger partial charge in [-0.25, -0.2) is 0 Å². The molecule has 2 aliphatic carbocycles. The zero-order valence-electron chi connectivity index (χ0n) is 14.0. The summed E-state index contributed by atoms with van der Waals surface area (Å²) in [5, 5.41) is 0. The zero-order valence-corrected chi connectivity index (χ0v) is 15.6. The Labute approximate surface area is 159 Å². The highest BCUT2D eigenvalue weighted by Crippen LogP contribution is 2.56. The molecule has 1 saturated heterocycles. The van der Waals surface area contributed by atoms with Crippen molar-refractivity contribution in [1.29, 1.82) is 0 Å². The summed E-state index contributed by atoms with van der Waals surface area (Å²) in [6.07, 6.45) is 2.93. The molecule has 4 rings (SSSR count). The van der Waals surface area contributed by atoms with Crippen molar-refractivity contribution in [2.75, 3.05) is 13.2 Å². The molecule has 0 radical (unpaired) electrons. The second-order valence-electron chi connectivity index (χ2n) is 7.24. The maximum atomic E-state index is 12.5. The Hall–Kier alpha value is -2.02. The zero-order chi connectivity index (χ0) is 18.4. The summed E-state index contributed by atoms with van der Waals surface area (Å²) in [6, 6.07) is 6.71. The summed E-state index contributed by atoms with van der Waals surface area (Å²) < 4.78 is 5.84. The number of ketones is 1. The van der Waals surface area contributed by atoms with Gasteiger partial charge < -0.3 is 4.74 Å². The summed E-state index contributed by atoms with van der Waals surface area (Å²) in [5.41, 5.74) is 0.431. The molecule has 4 atom stereocenters. The highest BCUT2D eigenvalue weighted by molar-refractivity contribution is 9.10. The number of halogens is 1. The number of nitrogens with zero attached hydrogens (tertiary/aromatic N) is 1. The predicted molar refractivity (Wildman–Crippen MR) is 94.0 cm³/mol. The van der Waals surface area contributed by atoms with Gasteiger partial charge in [-0.2, -0.15) is 0 Å². The number of carbonyl (C=O) groups is 4. The van der Waals surface area contributed by atoms with Gasteiger partial charge in [-0.3, -0.25) is 24.1 Å². The van der Waals surface area contributed by atoms with E-state index < -0.39 is 19.1 Å². The average Bonchev–Trinajstić information content (AvgIpc) is 3.30. The third-order valence-corrected chi connectivity index (χ3v) is 6.37. The van der Waals surface area contributed by atoms with Crippen LogP contribution in [0.25, 0.3) is 0 Å². The molecule has 0 unspecified atom stereocenters. The van der Waals surface area contributed by atoms with E-state index in [4.69, 9.17) is 4.74 Å². The third kappa shape index (κ3) is 2.88. The molecular formula is C19H18BrNO5. The van der Waals surface area contributed by atoms with Crippen molar-refractivity contribution in [3.63, 3.8) is 0 Å². The smallest absolute Gasteiger partial charge is 0.326 e. The molecule has 0 aromatic heterocycles. The first kappa shape index (κ1) is 17.4. The van der Waals surface area contributed by atoms with Gasteiger partial charge in [0.25, 0.3) is 0 Å². The lowest BCUT2D eigenvalue weighted by Crippen LogP contribution is -2.38. The quantitative estimate of drug-likeness (QED) is 0.415. The summed E-state index contributed by atoms with van der Waals surface area (Å²) in [7, 11) is 0. The lowest BCUT2D eigenvalue weighted by atomic mass is 9.81. The minimum atomic E-state index is -0.732. The number of Topliss-reactive ketones (excluding diaryl/α,β-unsaturated/α-hetero) is 1. The van der Waals surface area contributed by atoms with Crippen molar-refractivity contribution < 1.29 is 23.9 Å². The highest BCUT2D eigenvalue weighted by Gasteiger charge is 2.61. The first-order valence-corrected chi connectivity index (χ1v) is 9.54. The lowest BCUT2D eigenvalue weighted by Gasteiger charge is -2.19. The molecule has 1 aromatic carbocycles. The number of ether oxygens (including phenoxy) is 1. The topological polar surface area (TPSA) is 80.8 Å². The molecule has 6 nitrogen and oxygen atoms in total. The van der Waals surface area contributed by atoms with Crippen molar-refractivity contribution in [2.24, 2.45) is 23.7 Å². The Kier molecular flexibility index (Phi) is 4.42. The number of likely N-dealkylation sites (tertiary alicyclic amines) is 1. The van der Waals surface area contributed by atoms with Crippen LogP contribution in [-0.2, 0) is 19.1 Å². The van der Waals surface area contributed by atoms with E-state index in [9.17, 15) is 19.2 Å². The Morgan fingerprint density at radius 2 is 1.62 bits per heavy atom. The molecule has 136 valence electrons. The second kappa shape index (κ2) is 6.61. The molecule has 3 aliphatic rings. The van der Waals surface area contributed by atoms with Gasteiger partial charge in [0, 0.05) is 10.0 Å². The molecule has 1 heterocycles. The van der Waals surface area contributed by atoms with Crippen LogP contribution < -0.4 is 0 Å². The maximum Gasteiger partial charge on any atom is 0.326 e. The van der Waals surface area contributed by atoms with E-state index in [2.05, 4.69) is 15.9 Å². The Balaban J connectivity index is 1.34. The second-order valence-corrected chi connectivity index (χ2v) is 8.15. The Bertz CT molecular complexity index is 762. The molecule has 1 aliphatic heterocycles. The summed E-state index contributed by atoms with van der Waals surface area (Å²) >= 11 is 3.28. The van der Waals surface area contributed by atoms with Gasteiger partial charge in [0.15, 0.2) is 12.4 Å². The van der Waals surface area contributed by atoms with Crippen LogP contribution in [0, 0.1) is 23.7 Å². The molecule has 2 amide bonds. The molecule has 7 heteroatoms. The van der Waals surface area contributed by atoms with Crippen LogP contribution >= 0.6 is 15.9 Å². The number of carbonyl (C=O) groups excluding carboxylic acids is 4. The van der Waals surface area contributed by atoms with E-state index in [1.54, 1.807) is 24.3 Å². The Morgan fingerprint density at radius 3 is 2.19 bits per heavy atom. The largest absolute Gasteiger partial charge is 0.456 e. The van der Waals surface area contributed by atoms with E-state index in [0.29, 0.717) is 5.56 Å². The molecular weight excluding hydrogens is 402 g/mol. The molecule has 0 N–H and O–H groups in total. The van der Waals surface area contributed by atoms with Crippen LogP contribution in [0.3, 0.4) is 0 Å². The number of amides is 2. The fraction of sp³-hybridized carbons (Fsp3) is 0.474. The molecule has 2 bridgehead atoms. The number of fused-ring (bicyclic) bond motifs is 5. The SMILES string of the molecule is O=C(CN1C(=O)[C@@H]2[C@@H]3CC[C@@H](C3)[C@@H]2C1=O)OCC(=O)c1ccc(Br)cc1. The van der Waals surface area contributed by atoms with E-state index in [0.717, 1.165) is 28.6 Å². The number of hydrogen-bond donors (Lipinski definition) is 0. The minimum absolute atomic E-state index is 0.247. The summed E-state index contributed by atoms with van der Waals surface area (Å²) in [4.78, 5) is 50.2. The number of hydrogen-bond acceptors (Lipinski definition) is 5. The van der Waals surface area contributed by atoms with E-state index in [1.807, 2.05) is 0 Å². The maximum absolute atomic E-state index is 12.5. The standard InChI is InChI=1S/C19H18BrNO5/c20-13-5-3-10(4-6-13)14(22)9-26-15(23)8-21-18(24)16-11-1-2-12(7-11)17(16)19(21)25/h3-6,11-12,16-17H,1-2,7-9H2/t11-,12+,16-,17+. The van der Waals surface area contributed by atoms with Crippen molar-refractivity contribution >= 4 is 39.5 Å². The average molecular weight is 420 g/mol. The first-order chi connectivity index (χ1) is 12.5.